The zero-order valence-corrected chi connectivity index (χ0v) is 17.8. The third-order valence-electron chi connectivity index (χ3n) is 4.66. The number of nitrogens with zero attached hydrogens (tertiary/aromatic N) is 5. The first kappa shape index (κ1) is 21.2. The number of pyridine rings is 1. The number of H-pyrrole nitrogens is 1. The number of hydrogen-bond acceptors (Lipinski definition) is 8. The van der Waals surface area contributed by atoms with E-state index < -0.39 is 4.92 Å². The Morgan fingerprint density at radius 2 is 1.91 bits per heavy atom. The summed E-state index contributed by atoms with van der Waals surface area (Å²) >= 11 is 6.13. The maximum absolute atomic E-state index is 10.7. The Balaban J connectivity index is 1.49. The molecule has 0 unspecified atom stereocenters. The Bertz CT molecular complexity index is 1230. The summed E-state index contributed by atoms with van der Waals surface area (Å²) in [5.74, 6) is 1.68. The molecule has 0 fully saturated rings. The topological polar surface area (TPSA) is 135 Å². The van der Waals surface area contributed by atoms with Crippen LogP contribution < -0.4 is 10.6 Å². The molecule has 3 N–H and O–H groups in total. The van der Waals surface area contributed by atoms with E-state index in [4.69, 9.17) is 16.6 Å². The number of rotatable bonds is 8. The van der Waals surface area contributed by atoms with Crippen LogP contribution in [0.25, 0.3) is 22.6 Å². The van der Waals surface area contributed by atoms with Gasteiger partial charge < -0.3 is 15.6 Å². The van der Waals surface area contributed by atoms with Crippen molar-refractivity contribution in [2.75, 3.05) is 23.7 Å². The number of hydrogen-bond donors (Lipinski definition) is 3. The minimum Gasteiger partial charge on any atom is -0.368 e. The summed E-state index contributed by atoms with van der Waals surface area (Å²) in [7, 11) is 0. The molecule has 0 bridgehead atoms. The van der Waals surface area contributed by atoms with E-state index in [-0.39, 0.29) is 5.69 Å². The van der Waals surface area contributed by atoms with Crippen LogP contribution in [0.3, 0.4) is 0 Å². The lowest BCUT2D eigenvalue weighted by atomic mass is 10.0. The Morgan fingerprint density at radius 1 is 1.06 bits per heavy atom. The van der Waals surface area contributed by atoms with Crippen molar-refractivity contribution in [3.63, 3.8) is 0 Å². The van der Waals surface area contributed by atoms with Crippen LogP contribution >= 0.6 is 11.6 Å². The number of aromatic amines is 1. The van der Waals surface area contributed by atoms with Crippen molar-refractivity contribution in [2.24, 2.45) is 0 Å². The number of aryl methyl sites for hydroxylation is 1. The van der Waals surface area contributed by atoms with Crippen LogP contribution in [-0.2, 0) is 0 Å². The van der Waals surface area contributed by atoms with E-state index in [2.05, 4.69) is 30.6 Å². The molecule has 11 heteroatoms. The summed E-state index contributed by atoms with van der Waals surface area (Å²) in [4.78, 5) is 30.8. The zero-order chi connectivity index (χ0) is 22.5. The van der Waals surface area contributed by atoms with E-state index in [1.807, 2.05) is 25.1 Å². The van der Waals surface area contributed by atoms with Gasteiger partial charge >= 0.3 is 0 Å². The average molecular weight is 451 g/mol. The Hall–Kier alpha value is -4.05. The van der Waals surface area contributed by atoms with Crippen molar-refractivity contribution in [3.8, 4) is 22.6 Å². The van der Waals surface area contributed by atoms with Gasteiger partial charge in [-0.1, -0.05) is 17.7 Å². The number of halogens is 1. The first-order chi connectivity index (χ1) is 15.5. The maximum atomic E-state index is 10.7. The highest BCUT2D eigenvalue weighted by molar-refractivity contribution is 6.30. The van der Waals surface area contributed by atoms with Gasteiger partial charge in [0.1, 0.15) is 17.8 Å². The molecule has 3 heterocycles. The molecular weight excluding hydrogens is 432 g/mol. The third-order valence-corrected chi connectivity index (χ3v) is 4.89. The third kappa shape index (κ3) is 4.81. The SMILES string of the molecule is Cc1cc(Cl)ccc1-c1nc(NCCNc2ccc([N+](=O)[O-])cn2)ncc1-c1ncc[nH]1. The molecule has 4 rings (SSSR count). The van der Waals surface area contributed by atoms with Gasteiger partial charge in [0, 0.05) is 48.3 Å². The quantitative estimate of drug-likeness (QED) is 0.205. The molecule has 162 valence electrons. The molecule has 0 spiro atoms. The predicted molar refractivity (Wildman–Crippen MR) is 123 cm³/mol. The molecule has 0 aliphatic rings. The Labute approximate surface area is 188 Å². The number of aromatic nitrogens is 5. The lowest BCUT2D eigenvalue weighted by molar-refractivity contribution is -0.385. The van der Waals surface area contributed by atoms with Gasteiger partial charge in [-0.2, -0.15) is 0 Å². The van der Waals surface area contributed by atoms with E-state index in [0.717, 1.165) is 22.4 Å². The maximum Gasteiger partial charge on any atom is 0.287 e. The molecule has 0 saturated carbocycles. The van der Waals surface area contributed by atoms with Crippen LogP contribution in [0.4, 0.5) is 17.5 Å². The summed E-state index contributed by atoms with van der Waals surface area (Å²) in [5.41, 5.74) is 3.37. The van der Waals surface area contributed by atoms with Crippen molar-refractivity contribution in [1.82, 2.24) is 24.9 Å². The van der Waals surface area contributed by atoms with Crippen molar-refractivity contribution in [2.45, 2.75) is 6.92 Å². The van der Waals surface area contributed by atoms with Gasteiger partial charge in [-0.3, -0.25) is 10.1 Å². The molecule has 0 amide bonds. The van der Waals surface area contributed by atoms with E-state index >= 15 is 0 Å². The number of benzene rings is 1. The van der Waals surface area contributed by atoms with Crippen molar-refractivity contribution in [3.05, 3.63) is 75.8 Å². The molecule has 3 aromatic heterocycles. The molecule has 10 nitrogen and oxygen atoms in total. The minimum absolute atomic E-state index is 0.0521. The fraction of sp³-hybridized carbons (Fsp3) is 0.143. The van der Waals surface area contributed by atoms with Crippen LogP contribution in [-0.4, -0.2) is 42.9 Å². The van der Waals surface area contributed by atoms with Gasteiger partial charge in [-0.15, -0.1) is 0 Å². The predicted octanol–water partition coefficient (Wildman–Crippen LogP) is 4.32. The summed E-state index contributed by atoms with van der Waals surface area (Å²) in [6, 6.07) is 8.61. The van der Waals surface area contributed by atoms with Gasteiger partial charge in [-0.05, 0) is 30.7 Å². The van der Waals surface area contributed by atoms with Crippen LogP contribution in [0.5, 0.6) is 0 Å². The molecule has 0 atom stereocenters. The number of imidazole rings is 1. The van der Waals surface area contributed by atoms with Gasteiger partial charge in [0.15, 0.2) is 0 Å². The van der Waals surface area contributed by atoms with Crippen molar-refractivity contribution < 1.29 is 4.92 Å². The summed E-state index contributed by atoms with van der Waals surface area (Å²) in [6.45, 7) is 3.00. The van der Waals surface area contributed by atoms with Crippen LogP contribution in [0, 0.1) is 17.0 Å². The lowest BCUT2D eigenvalue weighted by Crippen LogP contribution is -2.16. The normalized spacial score (nSPS) is 10.7. The monoisotopic (exact) mass is 450 g/mol. The van der Waals surface area contributed by atoms with Gasteiger partial charge in [0.2, 0.25) is 5.95 Å². The van der Waals surface area contributed by atoms with Crippen LogP contribution in [0.2, 0.25) is 5.02 Å². The Kier molecular flexibility index (Phi) is 6.22. The highest BCUT2D eigenvalue weighted by Gasteiger charge is 2.15. The second-order valence-electron chi connectivity index (χ2n) is 6.87. The fourth-order valence-corrected chi connectivity index (χ4v) is 3.34. The lowest BCUT2D eigenvalue weighted by Gasteiger charge is -2.13. The fourth-order valence-electron chi connectivity index (χ4n) is 3.11. The first-order valence-electron chi connectivity index (χ1n) is 9.73. The van der Waals surface area contributed by atoms with Crippen LogP contribution in [0.1, 0.15) is 5.56 Å². The second-order valence-corrected chi connectivity index (χ2v) is 7.30. The minimum atomic E-state index is -0.484. The standard InChI is InChI=1S/C21H19ClN8O2/c1-13-10-14(22)2-4-16(13)19-17(20-24-7-8-25-20)12-28-21(29-19)26-9-6-23-18-5-3-15(11-27-18)30(31)32/h2-5,7-8,10-12H,6,9H2,1H3,(H,23,27)(H,24,25)(H,26,28,29). The smallest absolute Gasteiger partial charge is 0.287 e. The van der Waals surface area contributed by atoms with Crippen molar-refractivity contribution >= 4 is 29.1 Å². The number of anilines is 2. The molecule has 1 aromatic carbocycles. The van der Waals surface area contributed by atoms with Crippen LogP contribution in [0.15, 0.2) is 55.1 Å². The Morgan fingerprint density at radius 3 is 2.59 bits per heavy atom. The van der Waals surface area contributed by atoms with E-state index in [9.17, 15) is 10.1 Å². The van der Waals surface area contributed by atoms with Crippen molar-refractivity contribution in [1.29, 1.82) is 0 Å². The van der Waals surface area contributed by atoms with Gasteiger partial charge in [-0.25, -0.2) is 19.9 Å². The van der Waals surface area contributed by atoms with Gasteiger partial charge in [0.05, 0.1) is 16.2 Å². The summed E-state index contributed by atoms with van der Waals surface area (Å²) in [5, 5.41) is 17.6. The average Bonchev–Trinajstić information content (AvgIpc) is 3.32. The molecule has 4 aromatic rings. The molecule has 0 radical (unpaired) electrons. The molecule has 0 aliphatic heterocycles. The molecule has 0 aliphatic carbocycles. The molecular formula is C21H19ClN8O2. The highest BCUT2D eigenvalue weighted by atomic mass is 35.5. The summed E-state index contributed by atoms with van der Waals surface area (Å²) < 4.78 is 0. The summed E-state index contributed by atoms with van der Waals surface area (Å²) in [6.07, 6.45) is 6.37. The number of nitro groups is 1. The molecule has 32 heavy (non-hydrogen) atoms. The number of nitrogens with one attached hydrogen (secondary N) is 3. The van der Waals surface area contributed by atoms with Gasteiger partial charge in [0.25, 0.3) is 5.69 Å². The first-order valence-corrected chi connectivity index (χ1v) is 10.1. The molecule has 0 saturated heterocycles. The van der Waals surface area contributed by atoms with E-state index in [1.54, 1.807) is 24.7 Å². The van der Waals surface area contributed by atoms with E-state index in [1.165, 1.54) is 12.3 Å². The largest absolute Gasteiger partial charge is 0.368 e. The van der Waals surface area contributed by atoms with E-state index in [0.29, 0.717) is 35.7 Å². The highest BCUT2D eigenvalue weighted by Crippen LogP contribution is 2.32. The second kappa shape index (κ2) is 9.40. The zero-order valence-electron chi connectivity index (χ0n) is 17.0.